The van der Waals surface area contributed by atoms with Crippen LogP contribution in [-0.4, -0.2) is 39.0 Å². The number of carbonyl (C=O) groups excluding carboxylic acids is 1. The maximum Gasteiger partial charge on any atom is 0.306 e. The predicted molar refractivity (Wildman–Crippen MR) is 84.3 cm³/mol. The Kier molecular flexibility index (Phi) is 3.65. The van der Waals surface area contributed by atoms with E-state index in [1.165, 1.54) is 0 Å². The minimum atomic E-state index is -1.08. The largest absolute Gasteiger partial charge is 0.481 e. The van der Waals surface area contributed by atoms with Gasteiger partial charge in [0.05, 0.1) is 17.6 Å². The molecule has 0 aliphatic carbocycles. The van der Waals surface area contributed by atoms with Crippen LogP contribution in [0.25, 0.3) is 10.9 Å². The fourth-order valence-corrected chi connectivity index (χ4v) is 2.37. The van der Waals surface area contributed by atoms with E-state index in [9.17, 15) is 9.59 Å². The topological polar surface area (TPSA) is 117 Å². The maximum atomic E-state index is 11.7. The number of hydrogen-bond donors (Lipinski definition) is 3. The molecule has 0 fully saturated rings. The monoisotopic (exact) mass is 313 g/mol. The Labute approximate surface area is 131 Å². The summed E-state index contributed by atoms with van der Waals surface area (Å²) >= 11 is 0. The SMILES string of the molecule is Cc1ccc2c(C)nc(NC3=N[C@@H](CC(=O)O)C(=O)N3)nc2c1. The van der Waals surface area contributed by atoms with Gasteiger partial charge in [0.1, 0.15) is 6.04 Å². The van der Waals surface area contributed by atoms with Gasteiger partial charge >= 0.3 is 5.97 Å². The van der Waals surface area contributed by atoms with Crippen molar-refractivity contribution in [3.63, 3.8) is 0 Å². The minimum absolute atomic E-state index is 0.160. The van der Waals surface area contributed by atoms with Gasteiger partial charge in [0.15, 0.2) is 0 Å². The molecule has 0 spiro atoms. The van der Waals surface area contributed by atoms with Crippen molar-refractivity contribution in [2.75, 3.05) is 5.32 Å². The summed E-state index contributed by atoms with van der Waals surface area (Å²) in [4.78, 5) is 35.1. The number of amides is 1. The summed E-state index contributed by atoms with van der Waals surface area (Å²) in [7, 11) is 0. The molecule has 0 unspecified atom stereocenters. The molecule has 8 nitrogen and oxygen atoms in total. The molecule has 1 aromatic heterocycles. The number of guanidine groups is 1. The predicted octanol–water partition coefficient (Wildman–Crippen LogP) is 0.988. The van der Waals surface area contributed by atoms with E-state index in [1.54, 1.807) is 0 Å². The van der Waals surface area contributed by atoms with Gasteiger partial charge in [-0.1, -0.05) is 12.1 Å². The highest BCUT2D eigenvalue weighted by Crippen LogP contribution is 2.18. The van der Waals surface area contributed by atoms with Gasteiger partial charge in [0.25, 0.3) is 5.91 Å². The second-order valence-electron chi connectivity index (χ2n) is 5.36. The number of fused-ring (bicyclic) bond motifs is 1. The molecule has 1 aliphatic heterocycles. The summed E-state index contributed by atoms with van der Waals surface area (Å²) in [6.07, 6.45) is -0.353. The van der Waals surface area contributed by atoms with Gasteiger partial charge in [-0.05, 0) is 25.5 Å². The zero-order valence-electron chi connectivity index (χ0n) is 12.6. The van der Waals surface area contributed by atoms with Crippen molar-refractivity contribution < 1.29 is 14.7 Å². The quantitative estimate of drug-likeness (QED) is 0.778. The molecular formula is C15H15N5O3. The fourth-order valence-electron chi connectivity index (χ4n) is 2.37. The Balaban J connectivity index is 1.87. The van der Waals surface area contributed by atoms with Crippen LogP contribution in [-0.2, 0) is 9.59 Å². The Morgan fingerprint density at radius 1 is 1.35 bits per heavy atom. The number of aliphatic imine (C=N–C) groups is 1. The molecule has 2 aromatic rings. The number of anilines is 1. The molecule has 1 aliphatic rings. The molecule has 3 rings (SSSR count). The molecule has 1 atom stereocenters. The van der Waals surface area contributed by atoms with Crippen LogP contribution in [0.3, 0.4) is 0 Å². The highest BCUT2D eigenvalue weighted by molar-refractivity contribution is 6.10. The first-order valence-corrected chi connectivity index (χ1v) is 7.05. The summed E-state index contributed by atoms with van der Waals surface area (Å²) in [6, 6.07) is 4.96. The van der Waals surface area contributed by atoms with E-state index in [4.69, 9.17) is 5.11 Å². The first-order chi connectivity index (χ1) is 10.9. The van der Waals surface area contributed by atoms with E-state index in [2.05, 4.69) is 25.6 Å². The molecular weight excluding hydrogens is 298 g/mol. The molecule has 2 heterocycles. The van der Waals surface area contributed by atoms with E-state index in [-0.39, 0.29) is 12.4 Å². The van der Waals surface area contributed by atoms with Gasteiger partial charge in [-0.25, -0.2) is 15.0 Å². The normalized spacial score (nSPS) is 17.0. The number of benzene rings is 1. The lowest BCUT2D eigenvalue weighted by Gasteiger charge is -2.08. The molecule has 0 saturated heterocycles. The lowest BCUT2D eigenvalue weighted by atomic mass is 10.1. The third kappa shape index (κ3) is 3.10. The van der Waals surface area contributed by atoms with Crippen LogP contribution < -0.4 is 10.6 Å². The number of aromatic nitrogens is 2. The van der Waals surface area contributed by atoms with Gasteiger partial charge in [-0.15, -0.1) is 0 Å². The highest BCUT2D eigenvalue weighted by atomic mass is 16.4. The van der Waals surface area contributed by atoms with Crippen molar-refractivity contribution >= 4 is 34.7 Å². The van der Waals surface area contributed by atoms with Gasteiger partial charge in [0, 0.05) is 5.39 Å². The van der Waals surface area contributed by atoms with Crippen LogP contribution in [0.5, 0.6) is 0 Å². The lowest BCUT2D eigenvalue weighted by Crippen LogP contribution is -2.33. The van der Waals surface area contributed by atoms with Gasteiger partial charge < -0.3 is 5.11 Å². The molecule has 23 heavy (non-hydrogen) atoms. The number of hydrogen-bond acceptors (Lipinski definition) is 6. The smallest absolute Gasteiger partial charge is 0.306 e. The zero-order chi connectivity index (χ0) is 16.6. The van der Waals surface area contributed by atoms with Crippen LogP contribution in [0.2, 0.25) is 0 Å². The number of aryl methyl sites for hydroxylation is 2. The molecule has 0 radical (unpaired) electrons. The average Bonchev–Trinajstić information content (AvgIpc) is 2.77. The van der Waals surface area contributed by atoms with Gasteiger partial charge in [0.2, 0.25) is 11.9 Å². The van der Waals surface area contributed by atoms with Crippen molar-refractivity contribution in [2.45, 2.75) is 26.3 Å². The fraction of sp³-hybridized carbons (Fsp3) is 0.267. The van der Waals surface area contributed by atoms with E-state index in [0.29, 0.717) is 5.95 Å². The summed E-state index contributed by atoms with van der Waals surface area (Å²) in [6.45, 7) is 3.84. The molecule has 1 amide bonds. The molecule has 3 N–H and O–H groups in total. The van der Waals surface area contributed by atoms with Crippen molar-refractivity contribution in [2.24, 2.45) is 4.99 Å². The third-order valence-electron chi connectivity index (χ3n) is 3.47. The molecule has 0 bridgehead atoms. The number of nitrogens with one attached hydrogen (secondary N) is 2. The Hall–Kier alpha value is -3.03. The number of rotatable bonds is 3. The van der Waals surface area contributed by atoms with Crippen LogP contribution in [0.15, 0.2) is 23.2 Å². The number of carboxylic acids is 1. The van der Waals surface area contributed by atoms with Gasteiger partial charge in [-0.2, -0.15) is 0 Å². The van der Waals surface area contributed by atoms with E-state index < -0.39 is 17.9 Å². The zero-order valence-corrected chi connectivity index (χ0v) is 12.6. The van der Waals surface area contributed by atoms with Crippen molar-refractivity contribution in [1.29, 1.82) is 0 Å². The van der Waals surface area contributed by atoms with Crippen LogP contribution in [0.4, 0.5) is 5.95 Å². The van der Waals surface area contributed by atoms with Crippen LogP contribution in [0.1, 0.15) is 17.7 Å². The Morgan fingerprint density at radius 2 is 2.13 bits per heavy atom. The summed E-state index contributed by atoms with van der Waals surface area (Å²) in [5, 5.41) is 15.0. The van der Waals surface area contributed by atoms with E-state index in [0.717, 1.165) is 22.2 Å². The number of carboxylic acid groups (broad SMARTS) is 1. The highest BCUT2D eigenvalue weighted by Gasteiger charge is 2.28. The number of aliphatic carboxylic acids is 1. The second kappa shape index (κ2) is 5.64. The minimum Gasteiger partial charge on any atom is -0.481 e. The first kappa shape index (κ1) is 14.9. The van der Waals surface area contributed by atoms with Crippen molar-refractivity contribution in [3.05, 3.63) is 29.5 Å². The van der Waals surface area contributed by atoms with Crippen LogP contribution in [0, 0.1) is 13.8 Å². The van der Waals surface area contributed by atoms with Crippen LogP contribution >= 0.6 is 0 Å². The molecule has 118 valence electrons. The van der Waals surface area contributed by atoms with E-state index in [1.807, 2.05) is 32.0 Å². The standard InChI is InChI=1S/C15H15N5O3/c1-7-3-4-9-8(2)16-14(17-10(9)5-7)20-15-18-11(6-12(21)22)13(23)19-15/h3-5,11H,6H2,1-2H3,(H,21,22)(H2,16,17,18,19,20,23)/t11-/m0/s1. The third-order valence-corrected chi connectivity index (χ3v) is 3.47. The Bertz CT molecular complexity index is 846. The summed E-state index contributed by atoms with van der Waals surface area (Å²) in [5.74, 6) is -1.07. The second-order valence-corrected chi connectivity index (χ2v) is 5.36. The Morgan fingerprint density at radius 3 is 2.87 bits per heavy atom. The summed E-state index contributed by atoms with van der Waals surface area (Å²) in [5.41, 5.74) is 2.66. The van der Waals surface area contributed by atoms with Gasteiger partial charge in [-0.3, -0.25) is 20.2 Å². The van der Waals surface area contributed by atoms with Crippen molar-refractivity contribution in [3.8, 4) is 0 Å². The van der Waals surface area contributed by atoms with Crippen molar-refractivity contribution in [1.82, 2.24) is 15.3 Å². The average molecular weight is 313 g/mol. The first-order valence-electron chi connectivity index (χ1n) is 7.05. The molecule has 1 aromatic carbocycles. The lowest BCUT2D eigenvalue weighted by molar-refractivity contribution is -0.139. The molecule has 8 heteroatoms. The number of carbonyl (C=O) groups is 2. The maximum absolute atomic E-state index is 11.7. The van der Waals surface area contributed by atoms with E-state index >= 15 is 0 Å². The summed E-state index contributed by atoms with van der Waals surface area (Å²) < 4.78 is 0. The molecule has 0 saturated carbocycles. The number of nitrogens with zero attached hydrogens (tertiary/aromatic N) is 3.